The second-order valence-electron chi connectivity index (χ2n) is 6.62. The van der Waals surface area contributed by atoms with E-state index in [1.807, 2.05) is 0 Å². The number of carboxylic acid groups (broad SMARTS) is 4. The summed E-state index contributed by atoms with van der Waals surface area (Å²) in [6.07, 6.45) is 0.489. The second-order valence-corrected chi connectivity index (χ2v) is 6.62. The number of amides is 2. The largest absolute Gasteiger partial charge is 2.00 e. The summed E-state index contributed by atoms with van der Waals surface area (Å²) in [4.78, 5) is 62.9. The van der Waals surface area contributed by atoms with Gasteiger partial charge in [0.2, 0.25) is 11.8 Å². The fourth-order valence-corrected chi connectivity index (χ4v) is 1.92. The maximum Gasteiger partial charge on any atom is 2.00 e. The van der Waals surface area contributed by atoms with Crippen LogP contribution in [0.25, 0.3) is 0 Å². The Kier molecular flexibility index (Phi) is 22.7. The van der Waals surface area contributed by atoms with Gasteiger partial charge in [0.1, 0.15) is 12.1 Å². The Bertz CT molecular complexity index is 594. The summed E-state index contributed by atoms with van der Waals surface area (Å²) in [6, 6.07) is -2.09. The molecule has 0 fully saturated rings. The third-order valence-electron chi connectivity index (χ3n) is 3.76. The number of aliphatic carboxylic acids is 4. The van der Waals surface area contributed by atoms with E-state index in [1.54, 1.807) is 0 Å². The summed E-state index contributed by atoms with van der Waals surface area (Å²) in [5.74, 6) is -5.30. The van der Waals surface area contributed by atoms with Crippen molar-refractivity contribution in [2.75, 3.05) is 13.1 Å². The molecule has 8 N–H and O–H groups in total. The van der Waals surface area contributed by atoms with E-state index in [4.69, 9.17) is 21.7 Å². The summed E-state index contributed by atoms with van der Waals surface area (Å²) in [5.41, 5.74) is 10.4. The van der Waals surface area contributed by atoms with Crippen LogP contribution < -0.4 is 32.3 Å². The van der Waals surface area contributed by atoms with E-state index in [2.05, 4.69) is 10.6 Å². The molecule has 15 heteroatoms. The number of hydrogen-bond acceptors (Lipinski definition) is 10. The number of hydrogen-bond donors (Lipinski definition) is 6. The maximum absolute atomic E-state index is 11.1. The van der Waals surface area contributed by atoms with Gasteiger partial charge in [0, 0.05) is 37.9 Å². The molecule has 0 aromatic heterocycles. The Morgan fingerprint density at radius 2 is 0.970 bits per heavy atom. The summed E-state index contributed by atoms with van der Waals surface area (Å²) in [6.45, 7) is 0.463. The summed E-state index contributed by atoms with van der Waals surface area (Å²) in [7, 11) is 0. The smallest absolute Gasteiger partial charge is 0.550 e. The molecule has 0 aromatic carbocycles. The van der Waals surface area contributed by atoms with Crippen LogP contribution in [0.2, 0.25) is 0 Å². The van der Waals surface area contributed by atoms with Gasteiger partial charge >= 0.3 is 35.0 Å². The van der Waals surface area contributed by atoms with Gasteiger partial charge in [-0.25, -0.2) is 0 Å². The van der Waals surface area contributed by atoms with Crippen molar-refractivity contribution in [3.8, 4) is 0 Å². The number of carbonyl (C=O) groups is 6. The van der Waals surface area contributed by atoms with E-state index in [0.29, 0.717) is 12.8 Å². The first kappa shape index (κ1) is 35.1. The van der Waals surface area contributed by atoms with Crippen LogP contribution in [0.15, 0.2) is 0 Å². The van der Waals surface area contributed by atoms with Gasteiger partial charge in [-0.1, -0.05) is 0 Å². The molecule has 0 spiro atoms. The zero-order chi connectivity index (χ0) is 25.1. The maximum atomic E-state index is 11.1. The van der Waals surface area contributed by atoms with Crippen LogP contribution in [0.5, 0.6) is 0 Å². The Hall–Kier alpha value is -2.49. The number of nitrogens with one attached hydrogen (secondary N) is 2. The van der Waals surface area contributed by atoms with Gasteiger partial charge in [-0.2, -0.15) is 0 Å². The third kappa shape index (κ3) is 25.6. The van der Waals surface area contributed by atoms with E-state index >= 15 is 0 Å². The average molecular weight is 487 g/mol. The molecule has 14 nitrogen and oxygen atoms in total. The monoisotopic (exact) mass is 486 g/mol. The zero-order valence-corrected chi connectivity index (χ0v) is 19.7. The van der Waals surface area contributed by atoms with Crippen LogP contribution in [-0.2, 0) is 28.8 Å². The van der Waals surface area contributed by atoms with E-state index in [-0.39, 0.29) is 86.5 Å². The molecule has 0 aliphatic heterocycles. The minimum absolute atomic E-state index is 0. The topological polar surface area (TPSA) is 265 Å². The minimum Gasteiger partial charge on any atom is -0.550 e. The van der Waals surface area contributed by atoms with Crippen molar-refractivity contribution in [2.45, 2.75) is 63.5 Å². The fraction of sp³-hybridized carbons (Fsp3) is 0.667. The predicted molar refractivity (Wildman–Crippen MR) is 110 cm³/mol. The molecule has 0 aromatic rings. The fourth-order valence-electron chi connectivity index (χ4n) is 1.92. The standard InChI is InChI=1S/2C9H16N2O5.Mg/c2*10-6(9(15)16)3-4-7(12)11-5-1-2-8(13)14;/h2*6H,1-5,10H2,(H,11,12)(H,13,14)(H,15,16);/q;;+2/p-2/t2*6-;/m00./s1. The second kappa shape index (κ2) is 21.4. The van der Waals surface area contributed by atoms with Gasteiger partial charge in [0.05, 0.1) is 0 Å². The molecule has 0 aliphatic carbocycles. The van der Waals surface area contributed by atoms with Gasteiger partial charge in [-0.15, -0.1) is 0 Å². The van der Waals surface area contributed by atoms with Crippen molar-refractivity contribution in [2.24, 2.45) is 11.5 Å². The van der Waals surface area contributed by atoms with Crippen molar-refractivity contribution in [1.29, 1.82) is 0 Å². The first-order valence-corrected chi connectivity index (χ1v) is 9.76. The van der Waals surface area contributed by atoms with Gasteiger partial charge in [-0.3, -0.25) is 19.2 Å². The first-order valence-electron chi connectivity index (χ1n) is 9.76. The van der Waals surface area contributed by atoms with Crippen LogP contribution in [-0.4, -0.2) is 94.1 Å². The molecule has 0 rings (SSSR count). The molecule has 2 atom stereocenters. The Morgan fingerprint density at radius 1 is 0.667 bits per heavy atom. The molecule has 0 saturated heterocycles. The van der Waals surface area contributed by atoms with Crippen LogP contribution >= 0.6 is 0 Å². The Labute approximate surface area is 206 Å². The molecule has 2 amide bonds. The van der Waals surface area contributed by atoms with Crippen molar-refractivity contribution >= 4 is 58.7 Å². The number of carboxylic acids is 4. The molecular formula is C18H30MgN4O10. The Morgan fingerprint density at radius 3 is 1.21 bits per heavy atom. The average Bonchev–Trinajstić information content (AvgIpc) is 2.70. The van der Waals surface area contributed by atoms with Crippen LogP contribution in [0.3, 0.4) is 0 Å². The number of carbonyl (C=O) groups excluding carboxylic acids is 4. The molecule has 33 heavy (non-hydrogen) atoms. The summed E-state index contributed by atoms with van der Waals surface area (Å²) < 4.78 is 0. The van der Waals surface area contributed by atoms with Crippen molar-refractivity contribution < 1.29 is 49.2 Å². The molecule has 0 radical (unpaired) electrons. The zero-order valence-electron chi connectivity index (χ0n) is 18.2. The van der Waals surface area contributed by atoms with Crippen molar-refractivity contribution in [1.82, 2.24) is 10.6 Å². The molecule has 0 heterocycles. The molecule has 0 bridgehead atoms. The van der Waals surface area contributed by atoms with Gasteiger partial charge < -0.3 is 52.1 Å². The quantitative estimate of drug-likeness (QED) is 0.0886. The molecule has 0 unspecified atom stereocenters. The molecule has 0 saturated carbocycles. The van der Waals surface area contributed by atoms with E-state index < -0.39 is 36.0 Å². The van der Waals surface area contributed by atoms with Gasteiger partial charge in [0.15, 0.2) is 0 Å². The summed E-state index contributed by atoms with van der Waals surface area (Å²) in [5, 5.41) is 41.8. The van der Waals surface area contributed by atoms with E-state index in [0.717, 1.165) is 0 Å². The van der Waals surface area contributed by atoms with Crippen molar-refractivity contribution in [3.63, 3.8) is 0 Å². The van der Waals surface area contributed by atoms with Crippen LogP contribution in [0.1, 0.15) is 51.4 Å². The normalized spacial score (nSPS) is 11.5. The van der Waals surface area contributed by atoms with E-state index in [9.17, 15) is 39.0 Å². The number of rotatable bonds is 16. The van der Waals surface area contributed by atoms with Gasteiger partial charge in [-0.05, 0) is 38.5 Å². The molecular weight excluding hydrogens is 457 g/mol. The minimum atomic E-state index is -1.16. The predicted octanol–water partition coefficient (Wildman–Crippen LogP) is -4.73. The summed E-state index contributed by atoms with van der Waals surface area (Å²) >= 11 is 0. The van der Waals surface area contributed by atoms with E-state index in [1.165, 1.54) is 0 Å². The van der Waals surface area contributed by atoms with Crippen LogP contribution in [0.4, 0.5) is 0 Å². The SMILES string of the molecule is N[C@@H](CCC(=O)NCCCC(=O)[O-])C(=O)O.N[C@@H](CCC(=O)NCCCC(=O)[O-])C(=O)O.[Mg+2]. The first-order chi connectivity index (χ1) is 14.9. The molecule has 184 valence electrons. The van der Waals surface area contributed by atoms with Gasteiger partial charge in [0.25, 0.3) is 0 Å². The Balaban J connectivity index is -0.000000529. The number of nitrogens with two attached hydrogens (primary N) is 2. The van der Waals surface area contributed by atoms with Crippen LogP contribution in [0, 0.1) is 0 Å². The van der Waals surface area contributed by atoms with Crippen molar-refractivity contribution in [3.05, 3.63) is 0 Å². The molecule has 0 aliphatic rings. The third-order valence-corrected chi connectivity index (χ3v) is 3.76.